The molecule has 0 bridgehead atoms. The maximum atomic E-state index is 13.5. The molecule has 3 N–H and O–H groups in total. The number of nitrogens with two attached hydrogens (primary N) is 1. The van der Waals surface area contributed by atoms with Gasteiger partial charge in [-0.2, -0.15) is 0 Å². The third kappa shape index (κ3) is 3.89. The van der Waals surface area contributed by atoms with Gasteiger partial charge in [0, 0.05) is 55.2 Å². The van der Waals surface area contributed by atoms with Gasteiger partial charge in [-0.3, -0.25) is 14.3 Å². The van der Waals surface area contributed by atoms with Gasteiger partial charge in [-0.25, -0.2) is 9.97 Å². The standard InChI is InChI=1S/C24H29ClN6O/c25-19-6-4-7-20-21(19)18(15-31(20)23-27-11-5-12-28-23)22(32)29-16-24(9-2-1-3-10-24)30-13-8-17(26)14-30/h4-7,11-12,15,17H,1-3,8-10,13-14,16,26H2,(H,29,32)/t17-/m1/s1. The minimum absolute atomic E-state index is 0.00721. The first kappa shape index (κ1) is 21.4. The van der Waals surface area contributed by atoms with E-state index >= 15 is 0 Å². The van der Waals surface area contributed by atoms with E-state index in [9.17, 15) is 4.79 Å². The number of fused-ring (bicyclic) bond motifs is 1. The molecule has 1 saturated heterocycles. The zero-order chi connectivity index (χ0) is 22.1. The Kier molecular flexibility index (Phi) is 5.88. The van der Waals surface area contributed by atoms with Crippen LogP contribution < -0.4 is 11.1 Å². The van der Waals surface area contributed by atoms with Crippen LogP contribution in [0.3, 0.4) is 0 Å². The van der Waals surface area contributed by atoms with Gasteiger partial charge in [-0.1, -0.05) is 36.9 Å². The van der Waals surface area contributed by atoms with Gasteiger partial charge in [0.15, 0.2) is 0 Å². The monoisotopic (exact) mass is 452 g/mol. The van der Waals surface area contributed by atoms with Gasteiger partial charge in [0.2, 0.25) is 5.95 Å². The molecular weight excluding hydrogens is 424 g/mol. The number of likely N-dealkylation sites (tertiary alicyclic amines) is 1. The first-order chi connectivity index (χ1) is 15.6. The van der Waals surface area contributed by atoms with E-state index < -0.39 is 0 Å². The Morgan fingerprint density at radius 1 is 1.19 bits per heavy atom. The molecule has 5 rings (SSSR count). The van der Waals surface area contributed by atoms with Gasteiger partial charge in [0.1, 0.15) is 0 Å². The van der Waals surface area contributed by atoms with Crippen LogP contribution in [0.1, 0.15) is 48.9 Å². The Bertz CT molecular complexity index is 1110. The zero-order valence-corrected chi connectivity index (χ0v) is 18.9. The van der Waals surface area contributed by atoms with Crippen LogP contribution in [-0.2, 0) is 0 Å². The van der Waals surface area contributed by atoms with Crippen molar-refractivity contribution in [1.82, 2.24) is 24.8 Å². The Morgan fingerprint density at radius 2 is 1.97 bits per heavy atom. The number of aromatic nitrogens is 3. The summed E-state index contributed by atoms with van der Waals surface area (Å²) in [6.45, 7) is 2.54. The number of carbonyl (C=O) groups is 1. The predicted octanol–water partition coefficient (Wildman–Crippen LogP) is 3.54. The molecule has 168 valence electrons. The molecule has 1 atom stereocenters. The average Bonchev–Trinajstić information content (AvgIpc) is 3.44. The lowest BCUT2D eigenvalue weighted by Gasteiger charge is -2.45. The highest BCUT2D eigenvalue weighted by Gasteiger charge is 2.41. The van der Waals surface area contributed by atoms with Crippen LogP contribution in [0.15, 0.2) is 42.9 Å². The smallest absolute Gasteiger partial charge is 0.253 e. The maximum absolute atomic E-state index is 13.5. The summed E-state index contributed by atoms with van der Waals surface area (Å²) in [6, 6.07) is 7.61. The second kappa shape index (κ2) is 8.81. The van der Waals surface area contributed by atoms with Crippen molar-refractivity contribution in [2.75, 3.05) is 19.6 Å². The van der Waals surface area contributed by atoms with Gasteiger partial charge in [-0.15, -0.1) is 0 Å². The lowest BCUT2D eigenvalue weighted by Crippen LogP contribution is -2.56. The van der Waals surface area contributed by atoms with E-state index in [0.717, 1.165) is 43.3 Å². The first-order valence-electron chi connectivity index (χ1n) is 11.4. The summed E-state index contributed by atoms with van der Waals surface area (Å²) in [4.78, 5) is 24.7. The Morgan fingerprint density at radius 3 is 2.69 bits per heavy atom. The number of nitrogens with zero attached hydrogens (tertiary/aromatic N) is 4. The SMILES string of the molecule is N[C@@H]1CCN(C2(CNC(=O)c3cn(-c4ncccn4)c4cccc(Cl)c34)CCCCC2)C1. The molecule has 32 heavy (non-hydrogen) atoms. The predicted molar refractivity (Wildman–Crippen MR) is 126 cm³/mol. The minimum atomic E-state index is -0.119. The van der Waals surface area contributed by atoms with E-state index in [-0.39, 0.29) is 17.5 Å². The number of nitrogens with one attached hydrogen (secondary N) is 1. The molecule has 8 heteroatoms. The van der Waals surface area contributed by atoms with Gasteiger partial charge in [0.05, 0.1) is 16.1 Å². The molecule has 2 aromatic heterocycles. The van der Waals surface area contributed by atoms with E-state index in [4.69, 9.17) is 17.3 Å². The Balaban J connectivity index is 1.45. The van der Waals surface area contributed by atoms with Crippen LogP contribution in [0.5, 0.6) is 0 Å². The van der Waals surface area contributed by atoms with E-state index in [2.05, 4.69) is 20.2 Å². The highest BCUT2D eigenvalue weighted by atomic mass is 35.5. The fraction of sp³-hybridized carbons (Fsp3) is 0.458. The summed E-state index contributed by atoms with van der Waals surface area (Å²) < 4.78 is 1.83. The topological polar surface area (TPSA) is 89.1 Å². The number of amides is 1. The number of hydrogen-bond acceptors (Lipinski definition) is 5. The molecule has 1 aliphatic carbocycles. The molecule has 1 aromatic carbocycles. The molecule has 2 fully saturated rings. The first-order valence-corrected chi connectivity index (χ1v) is 11.8. The van der Waals surface area contributed by atoms with Crippen molar-refractivity contribution in [1.29, 1.82) is 0 Å². The van der Waals surface area contributed by atoms with Gasteiger partial charge in [0.25, 0.3) is 5.91 Å². The van der Waals surface area contributed by atoms with E-state index in [1.165, 1.54) is 19.3 Å². The summed E-state index contributed by atoms with van der Waals surface area (Å²) in [6.07, 6.45) is 12.0. The van der Waals surface area contributed by atoms with Crippen molar-refractivity contribution in [3.05, 3.63) is 53.4 Å². The lowest BCUT2D eigenvalue weighted by molar-refractivity contribution is 0.0645. The third-order valence-electron chi connectivity index (χ3n) is 7.05. The normalized spacial score (nSPS) is 21.1. The molecule has 2 aliphatic rings. The summed E-state index contributed by atoms with van der Waals surface area (Å²) in [5, 5.41) is 4.52. The highest BCUT2D eigenvalue weighted by molar-refractivity contribution is 6.37. The van der Waals surface area contributed by atoms with Crippen molar-refractivity contribution < 1.29 is 4.79 Å². The number of benzene rings is 1. The molecule has 3 heterocycles. The minimum Gasteiger partial charge on any atom is -0.350 e. The molecule has 3 aromatic rings. The third-order valence-corrected chi connectivity index (χ3v) is 7.36. The van der Waals surface area contributed by atoms with Crippen LogP contribution in [-0.4, -0.2) is 56.6 Å². The van der Waals surface area contributed by atoms with Crippen LogP contribution in [0.4, 0.5) is 0 Å². The molecule has 0 spiro atoms. The maximum Gasteiger partial charge on any atom is 0.253 e. The lowest BCUT2D eigenvalue weighted by atomic mass is 9.80. The van der Waals surface area contributed by atoms with Crippen molar-refractivity contribution >= 4 is 28.4 Å². The summed E-state index contributed by atoms with van der Waals surface area (Å²) in [5.41, 5.74) is 7.56. The van der Waals surface area contributed by atoms with Crippen molar-refractivity contribution in [3.63, 3.8) is 0 Å². The molecule has 1 amide bonds. The Hall–Kier alpha value is -2.48. The molecule has 1 saturated carbocycles. The van der Waals surface area contributed by atoms with E-state index in [0.29, 0.717) is 23.1 Å². The van der Waals surface area contributed by atoms with Gasteiger partial charge < -0.3 is 11.1 Å². The largest absolute Gasteiger partial charge is 0.350 e. The zero-order valence-electron chi connectivity index (χ0n) is 18.1. The van der Waals surface area contributed by atoms with Crippen molar-refractivity contribution in [2.24, 2.45) is 5.73 Å². The number of carbonyl (C=O) groups excluding carboxylic acids is 1. The second-order valence-corrected chi connectivity index (χ2v) is 9.47. The highest BCUT2D eigenvalue weighted by Crippen LogP contribution is 2.36. The van der Waals surface area contributed by atoms with Crippen LogP contribution in [0, 0.1) is 0 Å². The Labute approximate surface area is 193 Å². The van der Waals surface area contributed by atoms with E-state index in [1.807, 2.05) is 22.8 Å². The fourth-order valence-corrected chi connectivity index (χ4v) is 5.64. The number of hydrogen-bond donors (Lipinski definition) is 2. The second-order valence-electron chi connectivity index (χ2n) is 9.06. The van der Waals surface area contributed by atoms with Crippen LogP contribution >= 0.6 is 11.6 Å². The molecule has 7 nitrogen and oxygen atoms in total. The molecule has 0 unspecified atom stereocenters. The number of halogens is 1. The number of rotatable bonds is 5. The molecule has 0 radical (unpaired) electrons. The molecule has 1 aliphatic heterocycles. The van der Waals surface area contributed by atoms with Gasteiger partial charge >= 0.3 is 0 Å². The van der Waals surface area contributed by atoms with E-state index in [1.54, 1.807) is 24.7 Å². The fourth-order valence-electron chi connectivity index (χ4n) is 5.37. The average molecular weight is 453 g/mol. The summed E-state index contributed by atoms with van der Waals surface area (Å²) >= 11 is 6.55. The quantitative estimate of drug-likeness (QED) is 0.618. The van der Waals surface area contributed by atoms with Crippen molar-refractivity contribution in [3.8, 4) is 5.95 Å². The molecular formula is C24H29ClN6O. The summed E-state index contributed by atoms with van der Waals surface area (Å²) in [5.74, 6) is 0.389. The van der Waals surface area contributed by atoms with Gasteiger partial charge in [-0.05, 0) is 37.5 Å². The summed E-state index contributed by atoms with van der Waals surface area (Å²) in [7, 11) is 0. The van der Waals surface area contributed by atoms with Crippen LogP contribution in [0.2, 0.25) is 5.02 Å². The van der Waals surface area contributed by atoms with Crippen molar-refractivity contribution in [2.45, 2.75) is 50.1 Å². The van der Waals surface area contributed by atoms with Crippen LogP contribution in [0.25, 0.3) is 16.9 Å².